The van der Waals surface area contributed by atoms with Crippen molar-refractivity contribution in [3.63, 3.8) is 0 Å². The van der Waals surface area contributed by atoms with Crippen molar-refractivity contribution in [3.05, 3.63) is 0 Å². The van der Waals surface area contributed by atoms with Crippen LogP contribution in [0.25, 0.3) is 0 Å². The van der Waals surface area contributed by atoms with Crippen LogP contribution < -0.4 is 0 Å². The van der Waals surface area contributed by atoms with Crippen LogP contribution in [0.3, 0.4) is 0 Å². The summed E-state index contributed by atoms with van der Waals surface area (Å²) in [4.78, 5) is 0. The first-order valence-electron chi connectivity index (χ1n) is 4.55. The average molecular weight is 174 g/mol. The molecule has 0 aliphatic heterocycles. The van der Waals surface area contributed by atoms with Crippen molar-refractivity contribution in [2.24, 2.45) is 0 Å². The molecule has 0 unspecified atom stereocenters. The van der Waals surface area contributed by atoms with Gasteiger partial charge in [0.25, 0.3) is 0 Å². The van der Waals surface area contributed by atoms with Crippen molar-refractivity contribution in [2.75, 3.05) is 13.7 Å². The highest BCUT2D eigenvalue weighted by Gasteiger charge is 2.11. The van der Waals surface area contributed by atoms with Crippen molar-refractivity contribution in [1.82, 2.24) is 0 Å². The molecule has 0 bridgehead atoms. The van der Waals surface area contributed by atoms with Crippen molar-refractivity contribution in [1.29, 1.82) is 0 Å². The number of ether oxygens (including phenoxy) is 1. The molecular weight excluding hydrogens is 152 g/mol. The van der Waals surface area contributed by atoms with Crippen molar-refractivity contribution < 1.29 is 4.74 Å². The summed E-state index contributed by atoms with van der Waals surface area (Å²) in [6.07, 6.45) is 3.98. The molecular formula is C9H22OSi. The van der Waals surface area contributed by atoms with Crippen LogP contribution in [0.5, 0.6) is 0 Å². The van der Waals surface area contributed by atoms with Gasteiger partial charge >= 0.3 is 0 Å². The second kappa shape index (κ2) is 5.78. The van der Waals surface area contributed by atoms with E-state index in [0.717, 1.165) is 6.61 Å². The molecule has 0 fully saturated rings. The number of hydrogen-bond acceptors (Lipinski definition) is 1. The zero-order valence-electron chi connectivity index (χ0n) is 8.44. The van der Waals surface area contributed by atoms with Gasteiger partial charge in [-0.15, -0.1) is 0 Å². The molecule has 11 heavy (non-hydrogen) atoms. The highest BCUT2D eigenvalue weighted by Crippen LogP contribution is 2.13. The van der Waals surface area contributed by atoms with Gasteiger partial charge in [-0.05, 0) is 6.42 Å². The van der Waals surface area contributed by atoms with Crippen molar-refractivity contribution >= 4 is 8.07 Å². The normalized spacial score (nSPS) is 12.0. The van der Waals surface area contributed by atoms with Gasteiger partial charge in [-0.25, -0.2) is 0 Å². The molecule has 2 heteroatoms. The summed E-state index contributed by atoms with van der Waals surface area (Å²) in [5, 5.41) is 0. The van der Waals surface area contributed by atoms with Crippen LogP contribution in [0, 0.1) is 0 Å². The standard InChI is InChI=1S/C9H22OSi/c1-10-8-6-5-7-9-11(2,3)4/h5-9H2,1-4H3. The minimum Gasteiger partial charge on any atom is -0.385 e. The third-order valence-corrected chi connectivity index (χ3v) is 3.63. The monoisotopic (exact) mass is 174 g/mol. The van der Waals surface area contributed by atoms with Crippen LogP contribution in [0.2, 0.25) is 25.7 Å². The smallest absolute Gasteiger partial charge is 0.0462 e. The van der Waals surface area contributed by atoms with Gasteiger partial charge in [0.1, 0.15) is 0 Å². The van der Waals surface area contributed by atoms with E-state index in [4.69, 9.17) is 4.74 Å². The van der Waals surface area contributed by atoms with Gasteiger partial charge in [-0.2, -0.15) is 0 Å². The molecule has 0 N–H and O–H groups in total. The maximum absolute atomic E-state index is 4.99. The highest BCUT2D eigenvalue weighted by molar-refractivity contribution is 6.76. The van der Waals surface area contributed by atoms with E-state index in [1.165, 1.54) is 25.3 Å². The molecule has 0 aromatic carbocycles. The Balaban J connectivity index is 3.02. The maximum atomic E-state index is 4.99. The molecule has 0 heterocycles. The predicted molar refractivity (Wildman–Crippen MR) is 53.9 cm³/mol. The summed E-state index contributed by atoms with van der Waals surface area (Å²) in [6.45, 7) is 8.24. The van der Waals surface area contributed by atoms with Gasteiger partial charge in [0.05, 0.1) is 0 Å². The molecule has 68 valence electrons. The molecule has 0 spiro atoms. The second-order valence-corrected chi connectivity index (χ2v) is 9.99. The quantitative estimate of drug-likeness (QED) is 0.444. The fraction of sp³-hybridized carbons (Fsp3) is 1.00. The Kier molecular flexibility index (Phi) is 5.87. The van der Waals surface area contributed by atoms with Gasteiger partial charge in [0.2, 0.25) is 0 Å². The first-order valence-corrected chi connectivity index (χ1v) is 8.26. The van der Waals surface area contributed by atoms with Gasteiger partial charge in [0.15, 0.2) is 0 Å². The first kappa shape index (κ1) is 11.2. The number of unbranched alkanes of at least 4 members (excludes halogenated alkanes) is 2. The molecule has 0 rings (SSSR count). The Morgan fingerprint density at radius 3 is 2.09 bits per heavy atom. The lowest BCUT2D eigenvalue weighted by molar-refractivity contribution is 0.192. The van der Waals surface area contributed by atoms with Gasteiger partial charge in [-0.3, -0.25) is 0 Å². The Morgan fingerprint density at radius 2 is 1.64 bits per heavy atom. The van der Waals surface area contributed by atoms with Crippen molar-refractivity contribution in [2.45, 2.75) is 44.9 Å². The fourth-order valence-electron chi connectivity index (χ4n) is 1.08. The van der Waals surface area contributed by atoms with Gasteiger partial charge in [-0.1, -0.05) is 38.5 Å². The molecule has 0 atom stereocenters. The molecule has 1 nitrogen and oxygen atoms in total. The van der Waals surface area contributed by atoms with Crippen molar-refractivity contribution in [3.8, 4) is 0 Å². The van der Waals surface area contributed by atoms with Crippen LogP contribution in [-0.2, 0) is 4.74 Å². The van der Waals surface area contributed by atoms with E-state index in [1.807, 2.05) is 0 Å². The Hall–Kier alpha value is 0.177. The van der Waals surface area contributed by atoms with Crippen LogP contribution in [0.15, 0.2) is 0 Å². The number of hydrogen-bond donors (Lipinski definition) is 0. The lowest BCUT2D eigenvalue weighted by Crippen LogP contribution is -2.18. The van der Waals surface area contributed by atoms with E-state index in [9.17, 15) is 0 Å². The van der Waals surface area contributed by atoms with E-state index in [-0.39, 0.29) is 0 Å². The molecule has 0 aliphatic rings. The van der Waals surface area contributed by atoms with E-state index in [2.05, 4.69) is 19.6 Å². The Morgan fingerprint density at radius 1 is 1.00 bits per heavy atom. The molecule has 0 aliphatic carbocycles. The topological polar surface area (TPSA) is 9.23 Å². The summed E-state index contributed by atoms with van der Waals surface area (Å²) in [5.74, 6) is 0. The molecule has 0 aromatic rings. The largest absolute Gasteiger partial charge is 0.385 e. The lowest BCUT2D eigenvalue weighted by Gasteiger charge is -2.14. The van der Waals surface area contributed by atoms with Crippen LogP contribution in [-0.4, -0.2) is 21.8 Å². The number of rotatable bonds is 6. The summed E-state index contributed by atoms with van der Waals surface area (Å²) in [5.41, 5.74) is 0. The lowest BCUT2D eigenvalue weighted by atomic mass is 10.3. The van der Waals surface area contributed by atoms with Gasteiger partial charge < -0.3 is 4.74 Å². The van der Waals surface area contributed by atoms with E-state index in [1.54, 1.807) is 7.11 Å². The number of methoxy groups -OCH3 is 1. The zero-order valence-corrected chi connectivity index (χ0v) is 9.44. The first-order chi connectivity index (χ1) is 5.06. The van der Waals surface area contributed by atoms with Crippen LogP contribution in [0.4, 0.5) is 0 Å². The second-order valence-electron chi connectivity index (χ2n) is 4.36. The van der Waals surface area contributed by atoms with E-state index >= 15 is 0 Å². The fourth-order valence-corrected chi connectivity index (χ4v) is 2.39. The summed E-state index contributed by atoms with van der Waals surface area (Å²) in [7, 11) is 1.02. The zero-order chi connectivity index (χ0) is 8.74. The SMILES string of the molecule is COCCCCC[Si](C)(C)C. The summed E-state index contributed by atoms with van der Waals surface area (Å²) < 4.78 is 4.99. The molecule has 0 saturated heterocycles. The third kappa shape index (κ3) is 10.2. The molecule has 0 radical (unpaired) electrons. The third-order valence-electron chi connectivity index (χ3n) is 1.78. The predicted octanol–water partition coefficient (Wildman–Crippen LogP) is 3.14. The molecule has 0 aromatic heterocycles. The molecule has 0 amide bonds. The summed E-state index contributed by atoms with van der Waals surface area (Å²) >= 11 is 0. The maximum Gasteiger partial charge on any atom is 0.0462 e. The molecule has 0 saturated carbocycles. The van der Waals surface area contributed by atoms with Crippen LogP contribution in [0.1, 0.15) is 19.3 Å². The summed E-state index contributed by atoms with van der Waals surface area (Å²) in [6, 6.07) is 1.47. The Bertz CT molecular complexity index is 86.1. The van der Waals surface area contributed by atoms with E-state index < -0.39 is 8.07 Å². The minimum absolute atomic E-state index is 0.758. The van der Waals surface area contributed by atoms with Crippen LogP contribution >= 0.6 is 0 Å². The van der Waals surface area contributed by atoms with E-state index in [0.29, 0.717) is 0 Å². The Labute approximate surface area is 72.2 Å². The average Bonchev–Trinajstić information content (AvgIpc) is 1.85. The minimum atomic E-state index is -0.758. The van der Waals surface area contributed by atoms with Gasteiger partial charge in [0, 0.05) is 21.8 Å². The highest BCUT2D eigenvalue weighted by atomic mass is 28.3.